The molecule has 1 aromatic rings. The highest BCUT2D eigenvalue weighted by atomic mass is 16.4. The molecule has 2 fully saturated rings. The Hall–Kier alpha value is -1.29. The minimum Gasteiger partial charge on any atom is -0.478 e. The third kappa shape index (κ3) is 2.62. The summed E-state index contributed by atoms with van der Waals surface area (Å²) in [4.78, 5) is 13.4. The number of furan rings is 1. The fourth-order valence-electron chi connectivity index (χ4n) is 3.86. The van der Waals surface area contributed by atoms with Crippen molar-refractivity contribution in [2.24, 2.45) is 5.41 Å². The minimum absolute atomic E-state index is 0.296. The van der Waals surface area contributed by atoms with Gasteiger partial charge >= 0.3 is 5.97 Å². The van der Waals surface area contributed by atoms with E-state index in [1.165, 1.54) is 38.5 Å². The number of aromatic carboxylic acids is 1. The van der Waals surface area contributed by atoms with E-state index in [4.69, 9.17) is 9.52 Å². The summed E-state index contributed by atoms with van der Waals surface area (Å²) >= 11 is 0. The van der Waals surface area contributed by atoms with Gasteiger partial charge in [0.15, 0.2) is 0 Å². The SMILES string of the molecule is Cc1oc(CN2CCC3(CCCC3)CC2)cc1C(=O)O. The van der Waals surface area contributed by atoms with E-state index in [1.54, 1.807) is 13.0 Å². The average Bonchev–Trinajstić information content (AvgIpc) is 3.00. The third-order valence-corrected chi connectivity index (χ3v) is 5.16. The Morgan fingerprint density at radius 3 is 2.50 bits per heavy atom. The van der Waals surface area contributed by atoms with Crippen LogP contribution in [0.5, 0.6) is 0 Å². The second-order valence-electron chi connectivity index (χ2n) is 6.47. The number of piperidine rings is 1. The molecular weight excluding hydrogens is 254 g/mol. The van der Waals surface area contributed by atoms with E-state index in [0.717, 1.165) is 25.4 Å². The first-order valence-corrected chi connectivity index (χ1v) is 7.63. The zero-order valence-electron chi connectivity index (χ0n) is 12.2. The van der Waals surface area contributed by atoms with Crippen molar-refractivity contribution in [1.29, 1.82) is 0 Å². The Bertz CT molecular complexity index is 490. The van der Waals surface area contributed by atoms with E-state index in [-0.39, 0.29) is 0 Å². The van der Waals surface area contributed by atoms with Crippen LogP contribution in [0.25, 0.3) is 0 Å². The molecule has 20 heavy (non-hydrogen) atoms. The van der Waals surface area contributed by atoms with E-state index in [0.29, 0.717) is 16.7 Å². The molecule has 1 aliphatic carbocycles. The largest absolute Gasteiger partial charge is 0.478 e. The van der Waals surface area contributed by atoms with Crippen molar-refractivity contribution in [2.75, 3.05) is 13.1 Å². The fraction of sp³-hybridized carbons (Fsp3) is 0.688. The maximum absolute atomic E-state index is 11.0. The highest BCUT2D eigenvalue weighted by Crippen LogP contribution is 2.46. The van der Waals surface area contributed by atoms with Crippen LogP contribution in [-0.4, -0.2) is 29.1 Å². The molecule has 0 bridgehead atoms. The molecule has 0 atom stereocenters. The van der Waals surface area contributed by atoms with E-state index >= 15 is 0 Å². The zero-order valence-corrected chi connectivity index (χ0v) is 12.2. The van der Waals surface area contributed by atoms with Crippen LogP contribution in [-0.2, 0) is 6.54 Å². The van der Waals surface area contributed by atoms with Crippen molar-refractivity contribution in [3.8, 4) is 0 Å². The Morgan fingerprint density at radius 2 is 1.95 bits per heavy atom. The van der Waals surface area contributed by atoms with Crippen LogP contribution in [0.15, 0.2) is 10.5 Å². The van der Waals surface area contributed by atoms with Gasteiger partial charge in [-0.15, -0.1) is 0 Å². The van der Waals surface area contributed by atoms with Crippen LogP contribution < -0.4 is 0 Å². The van der Waals surface area contributed by atoms with E-state index in [9.17, 15) is 4.79 Å². The van der Waals surface area contributed by atoms with Crippen molar-refractivity contribution in [1.82, 2.24) is 4.90 Å². The van der Waals surface area contributed by atoms with Crippen molar-refractivity contribution < 1.29 is 14.3 Å². The minimum atomic E-state index is -0.902. The summed E-state index contributed by atoms with van der Waals surface area (Å²) in [6.07, 6.45) is 8.20. The molecule has 110 valence electrons. The molecular formula is C16H23NO3. The van der Waals surface area contributed by atoms with Gasteiger partial charge < -0.3 is 9.52 Å². The molecule has 0 radical (unpaired) electrons. The van der Waals surface area contributed by atoms with Crippen LogP contribution in [0, 0.1) is 12.3 Å². The predicted octanol–water partition coefficient (Wildman–Crippen LogP) is 3.44. The molecule has 3 rings (SSSR count). The summed E-state index contributed by atoms with van der Waals surface area (Å²) in [6.45, 7) is 4.69. The lowest BCUT2D eigenvalue weighted by Gasteiger charge is -2.39. The molecule has 4 heteroatoms. The van der Waals surface area contributed by atoms with Crippen LogP contribution in [0.4, 0.5) is 0 Å². The van der Waals surface area contributed by atoms with Gasteiger partial charge in [0.05, 0.1) is 6.54 Å². The highest BCUT2D eigenvalue weighted by molar-refractivity contribution is 5.88. The van der Waals surface area contributed by atoms with Crippen molar-refractivity contribution in [3.05, 3.63) is 23.2 Å². The van der Waals surface area contributed by atoms with Crippen molar-refractivity contribution in [3.63, 3.8) is 0 Å². The van der Waals surface area contributed by atoms with Crippen LogP contribution in [0.2, 0.25) is 0 Å². The van der Waals surface area contributed by atoms with Crippen molar-refractivity contribution in [2.45, 2.75) is 52.0 Å². The maximum Gasteiger partial charge on any atom is 0.339 e. The van der Waals surface area contributed by atoms with Crippen LogP contribution in [0.3, 0.4) is 0 Å². The first-order chi connectivity index (χ1) is 9.58. The predicted molar refractivity (Wildman–Crippen MR) is 75.8 cm³/mol. The summed E-state index contributed by atoms with van der Waals surface area (Å²) in [5, 5.41) is 9.05. The number of hydrogen-bond donors (Lipinski definition) is 1. The van der Waals surface area contributed by atoms with Crippen LogP contribution >= 0.6 is 0 Å². The summed E-state index contributed by atoms with van der Waals surface area (Å²) in [5.74, 6) is 0.389. The zero-order chi connectivity index (χ0) is 14.2. The maximum atomic E-state index is 11.0. The van der Waals surface area contributed by atoms with Crippen molar-refractivity contribution >= 4 is 5.97 Å². The lowest BCUT2D eigenvalue weighted by molar-refractivity contribution is 0.0695. The monoisotopic (exact) mass is 277 g/mol. The molecule has 0 unspecified atom stereocenters. The summed E-state index contributed by atoms with van der Waals surface area (Å²) < 4.78 is 5.57. The van der Waals surface area contributed by atoms with E-state index < -0.39 is 5.97 Å². The van der Waals surface area contributed by atoms with Gasteiger partial charge in [-0.2, -0.15) is 0 Å². The van der Waals surface area contributed by atoms with E-state index in [1.807, 2.05) is 0 Å². The number of hydrogen-bond acceptors (Lipinski definition) is 3. The molecule has 1 saturated heterocycles. The van der Waals surface area contributed by atoms with Gasteiger partial charge in [-0.05, 0) is 57.2 Å². The number of nitrogens with zero attached hydrogens (tertiary/aromatic N) is 1. The molecule has 2 heterocycles. The summed E-state index contributed by atoms with van der Waals surface area (Å²) in [6, 6.07) is 1.68. The quantitative estimate of drug-likeness (QED) is 0.919. The molecule has 1 N–H and O–H groups in total. The Balaban J connectivity index is 1.59. The number of likely N-dealkylation sites (tertiary alicyclic amines) is 1. The van der Waals surface area contributed by atoms with Gasteiger partial charge in [0, 0.05) is 0 Å². The van der Waals surface area contributed by atoms with Gasteiger partial charge in [0.1, 0.15) is 17.1 Å². The molecule has 4 nitrogen and oxygen atoms in total. The van der Waals surface area contributed by atoms with Crippen LogP contribution in [0.1, 0.15) is 60.4 Å². The normalized spacial score (nSPS) is 22.4. The lowest BCUT2D eigenvalue weighted by atomic mass is 9.77. The van der Waals surface area contributed by atoms with Gasteiger partial charge in [0.25, 0.3) is 0 Å². The molecule has 2 aliphatic rings. The van der Waals surface area contributed by atoms with Gasteiger partial charge in [-0.1, -0.05) is 12.8 Å². The third-order valence-electron chi connectivity index (χ3n) is 5.16. The van der Waals surface area contributed by atoms with E-state index in [2.05, 4.69) is 4.90 Å². The lowest BCUT2D eigenvalue weighted by Crippen LogP contribution is -2.38. The first-order valence-electron chi connectivity index (χ1n) is 7.63. The molecule has 0 aromatic carbocycles. The Labute approximate surface area is 119 Å². The second kappa shape index (κ2) is 5.24. The summed E-state index contributed by atoms with van der Waals surface area (Å²) in [7, 11) is 0. The highest BCUT2D eigenvalue weighted by Gasteiger charge is 2.36. The number of aryl methyl sites for hydroxylation is 1. The number of carboxylic acids is 1. The van der Waals surface area contributed by atoms with Gasteiger partial charge in [0.2, 0.25) is 0 Å². The average molecular weight is 277 g/mol. The topological polar surface area (TPSA) is 53.7 Å². The first kappa shape index (κ1) is 13.7. The number of carboxylic acid groups (broad SMARTS) is 1. The molecule has 1 saturated carbocycles. The smallest absolute Gasteiger partial charge is 0.339 e. The molecule has 1 aliphatic heterocycles. The van der Waals surface area contributed by atoms with Gasteiger partial charge in [-0.25, -0.2) is 4.79 Å². The number of carbonyl (C=O) groups is 1. The molecule has 0 amide bonds. The fourth-order valence-corrected chi connectivity index (χ4v) is 3.86. The van der Waals surface area contributed by atoms with Gasteiger partial charge in [-0.3, -0.25) is 4.90 Å². The Morgan fingerprint density at radius 1 is 1.30 bits per heavy atom. The molecule has 1 aromatic heterocycles. The Kier molecular flexibility index (Phi) is 3.59. The standard InChI is InChI=1S/C16H23NO3/c1-12-14(15(18)19)10-13(20-12)11-17-8-6-16(7-9-17)4-2-3-5-16/h10H,2-9,11H2,1H3,(H,18,19). The second-order valence-corrected chi connectivity index (χ2v) is 6.47. The molecule has 1 spiro atoms. The number of rotatable bonds is 3. The summed E-state index contributed by atoms with van der Waals surface area (Å²) in [5.41, 5.74) is 0.922.